The van der Waals surface area contributed by atoms with E-state index in [1.54, 1.807) is 14.2 Å². The van der Waals surface area contributed by atoms with Gasteiger partial charge >= 0.3 is 0 Å². The highest BCUT2D eigenvalue weighted by molar-refractivity contribution is 5.95. The summed E-state index contributed by atoms with van der Waals surface area (Å²) in [4.78, 5) is 25.8. The van der Waals surface area contributed by atoms with Crippen molar-refractivity contribution in [2.24, 2.45) is 5.41 Å². The second kappa shape index (κ2) is 9.86. The van der Waals surface area contributed by atoms with Gasteiger partial charge in [0, 0.05) is 12.8 Å². The van der Waals surface area contributed by atoms with Gasteiger partial charge in [-0.25, -0.2) is 0 Å². The zero-order chi connectivity index (χ0) is 22.4. The molecule has 0 spiro atoms. The second-order valence-electron chi connectivity index (χ2n) is 8.56. The van der Waals surface area contributed by atoms with E-state index >= 15 is 0 Å². The minimum absolute atomic E-state index is 0.0910. The number of hydrogen-bond donors (Lipinski definition) is 2. The molecule has 6 nitrogen and oxygen atoms in total. The standard InChI is InChI=1S/C25H32N2O4/c1-17-7-9-21(30-3)19(13-17)26-23(28)15-25(11-5-6-12-25)16-24(29)27-20-14-18(2)8-10-22(20)31-4/h7-10,13-14H,5-6,11-12,15-16H2,1-4H3,(H,26,28)(H,27,29). The fraction of sp³-hybridized carbons (Fsp3) is 0.440. The van der Waals surface area contributed by atoms with E-state index < -0.39 is 0 Å². The molecule has 0 heterocycles. The van der Waals surface area contributed by atoms with Crippen LogP contribution in [0.2, 0.25) is 0 Å². The summed E-state index contributed by atoms with van der Waals surface area (Å²) in [5, 5.41) is 5.97. The molecule has 2 amide bonds. The molecule has 2 aromatic rings. The van der Waals surface area contributed by atoms with Crippen LogP contribution in [0.4, 0.5) is 11.4 Å². The summed E-state index contributed by atoms with van der Waals surface area (Å²) in [5.74, 6) is 1.07. The van der Waals surface area contributed by atoms with Gasteiger partial charge < -0.3 is 20.1 Å². The third-order valence-electron chi connectivity index (χ3n) is 5.99. The Kier molecular flexibility index (Phi) is 7.21. The molecule has 0 aromatic heterocycles. The minimum atomic E-state index is -0.331. The van der Waals surface area contributed by atoms with E-state index in [9.17, 15) is 9.59 Å². The van der Waals surface area contributed by atoms with Gasteiger partial charge in [0.15, 0.2) is 0 Å². The van der Waals surface area contributed by atoms with Crippen LogP contribution >= 0.6 is 0 Å². The molecule has 1 aliphatic carbocycles. The van der Waals surface area contributed by atoms with Crippen molar-refractivity contribution in [3.8, 4) is 11.5 Å². The zero-order valence-electron chi connectivity index (χ0n) is 18.8. The van der Waals surface area contributed by atoms with E-state index in [-0.39, 0.29) is 17.2 Å². The molecule has 2 aromatic carbocycles. The number of hydrogen-bond acceptors (Lipinski definition) is 4. The zero-order valence-corrected chi connectivity index (χ0v) is 18.8. The predicted molar refractivity (Wildman–Crippen MR) is 123 cm³/mol. The Morgan fingerprint density at radius 2 is 1.23 bits per heavy atom. The number of amides is 2. The van der Waals surface area contributed by atoms with Gasteiger partial charge in [0.25, 0.3) is 0 Å². The van der Waals surface area contributed by atoms with Gasteiger partial charge in [-0.15, -0.1) is 0 Å². The van der Waals surface area contributed by atoms with Crippen LogP contribution in [-0.2, 0) is 9.59 Å². The Balaban J connectivity index is 1.69. The van der Waals surface area contributed by atoms with Crippen molar-refractivity contribution in [2.45, 2.75) is 52.4 Å². The summed E-state index contributed by atoms with van der Waals surface area (Å²) in [5.41, 5.74) is 3.07. The first-order valence-electron chi connectivity index (χ1n) is 10.7. The van der Waals surface area contributed by atoms with Crippen molar-refractivity contribution >= 4 is 23.2 Å². The van der Waals surface area contributed by atoms with Gasteiger partial charge in [-0.3, -0.25) is 9.59 Å². The highest BCUT2D eigenvalue weighted by Crippen LogP contribution is 2.45. The summed E-state index contributed by atoms with van der Waals surface area (Å²) < 4.78 is 10.7. The molecule has 1 fully saturated rings. The van der Waals surface area contributed by atoms with Gasteiger partial charge in [0.2, 0.25) is 11.8 Å². The fourth-order valence-corrected chi connectivity index (χ4v) is 4.45. The molecule has 0 saturated heterocycles. The SMILES string of the molecule is COc1ccc(C)cc1NC(=O)CC1(CC(=O)Nc2cc(C)ccc2OC)CCCC1. The minimum Gasteiger partial charge on any atom is -0.495 e. The van der Waals surface area contributed by atoms with E-state index in [2.05, 4.69) is 10.6 Å². The summed E-state index contributed by atoms with van der Waals surface area (Å²) in [6, 6.07) is 11.4. The molecule has 0 aliphatic heterocycles. The maximum atomic E-state index is 12.9. The molecule has 0 atom stereocenters. The Hall–Kier alpha value is -3.02. The molecule has 0 bridgehead atoms. The van der Waals surface area contributed by atoms with Crippen LogP contribution in [0, 0.1) is 19.3 Å². The number of anilines is 2. The van der Waals surface area contributed by atoms with E-state index in [0.29, 0.717) is 35.7 Å². The molecule has 1 saturated carbocycles. The number of methoxy groups -OCH3 is 2. The molecular formula is C25H32N2O4. The van der Waals surface area contributed by atoms with Crippen LogP contribution in [0.1, 0.15) is 49.7 Å². The van der Waals surface area contributed by atoms with Crippen molar-refractivity contribution in [3.63, 3.8) is 0 Å². The molecule has 3 rings (SSSR count). The summed E-state index contributed by atoms with van der Waals surface area (Å²) in [6.07, 6.45) is 4.41. The first-order valence-corrected chi connectivity index (χ1v) is 10.7. The molecule has 0 radical (unpaired) electrons. The average Bonchev–Trinajstić information content (AvgIpc) is 3.15. The Morgan fingerprint density at radius 3 is 1.61 bits per heavy atom. The molecule has 2 N–H and O–H groups in total. The van der Waals surface area contributed by atoms with Crippen molar-refractivity contribution in [2.75, 3.05) is 24.9 Å². The number of rotatable bonds is 8. The van der Waals surface area contributed by atoms with Crippen molar-refractivity contribution in [1.29, 1.82) is 0 Å². The monoisotopic (exact) mass is 424 g/mol. The van der Waals surface area contributed by atoms with Gasteiger partial charge in [0.1, 0.15) is 11.5 Å². The highest BCUT2D eigenvalue weighted by atomic mass is 16.5. The van der Waals surface area contributed by atoms with Crippen molar-refractivity contribution in [3.05, 3.63) is 47.5 Å². The lowest BCUT2D eigenvalue weighted by Gasteiger charge is -2.28. The van der Waals surface area contributed by atoms with Crippen molar-refractivity contribution in [1.82, 2.24) is 0 Å². The first-order chi connectivity index (χ1) is 14.8. The predicted octanol–water partition coefficient (Wildman–Crippen LogP) is 5.24. The van der Waals surface area contributed by atoms with Crippen LogP contribution in [0.5, 0.6) is 11.5 Å². The second-order valence-corrected chi connectivity index (χ2v) is 8.56. The van der Waals surface area contributed by atoms with E-state index in [1.807, 2.05) is 50.2 Å². The van der Waals surface area contributed by atoms with Gasteiger partial charge in [-0.1, -0.05) is 25.0 Å². The van der Waals surface area contributed by atoms with Crippen LogP contribution in [0.15, 0.2) is 36.4 Å². The van der Waals surface area contributed by atoms with Crippen LogP contribution in [0.3, 0.4) is 0 Å². The normalized spacial score (nSPS) is 14.7. The smallest absolute Gasteiger partial charge is 0.225 e. The Morgan fingerprint density at radius 1 is 0.806 bits per heavy atom. The van der Waals surface area contributed by atoms with Gasteiger partial charge in [-0.05, 0) is 67.5 Å². The summed E-state index contributed by atoms with van der Waals surface area (Å²) in [6.45, 7) is 3.94. The first kappa shape index (κ1) is 22.7. The largest absolute Gasteiger partial charge is 0.495 e. The number of benzene rings is 2. The third-order valence-corrected chi connectivity index (χ3v) is 5.99. The number of nitrogens with one attached hydrogen (secondary N) is 2. The summed E-state index contributed by atoms with van der Waals surface area (Å²) >= 11 is 0. The van der Waals surface area contributed by atoms with Gasteiger partial charge in [-0.2, -0.15) is 0 Å². The lowest BCUT2D eigenvalue weighted by Crippen LogP contribution is -2.30. The van der Waals surface area contributed by atoms with E-state index in [1.165, 1.54) is 0 Å². The highest BCUT2D eigenvalue weighted by Gasteiger charge is 2.38. The molecule has 31 heavy (non-hydrogen) atoms. The molecule has 1 aliphatic rings. The Labute approximate surface area is 184 Å². The number of ether oxygens (including phenoxy) is 2. The van der Waals surface area contributed by atoms with Crippen LogP contribution in [-0.4, -0.2) is 26.0 Å². The maximum absolute atomic E-state index is 12.9. The number of carbonyl (C=O) groups is 2. The lowest BCUT2D eigenvalue weighted by molar-refractivity contribution is -0.121. The van der Waals surface area contributed by atoms with Crippen molar-refractivity contribution < 1.29 is 19.1 Å². The quantitative estimate of drug-likeness (QED) is 0.608. The topological polar surface area (TPSA) is 76.7 Å². The van der Waals surface area contributed by atoms with Crippen LogP contribution < -0.4 is 20.1 Å². The van der Waals surface area contributed by atoms with E-state index in [4.69, 9.17) is 9.47 Å². The molecule has 6 heteroatoms. The molecule has 0 unspecified atom stereocenters. The summed E-state index contributed by atoms with van der Waals surface area (Å²) in [7, 11) is 3.17. The maximum Gasteiger partial charge on any atom is 0.225 e. The molecular weight excluding hydrogens is 392 g/mol. The fourth-order valence-electron chi connectivity index (χ4n) is 4.45. The Bertz CT molecular complexity index is 877. The molecule has 166 valence electrons. The van der Waals surface area contributed by atoms with Crippen LogP contribution in [0.25, 0.3) is 0 Å². The average molecular weight is 425 g/mol. The van der Waals surface area contributed by atoms with E-state index in [0.717, 1.165) is 36.8 Å². The number of aryl methyl sites for hydroxylation is 2. The van der Waals surface area contributed by atoms with Gasteiger partial charge in [0.05, 0.1) is 25.6 Å². The lowest BCUT2D eigenvalue weighted by atomic mass is 9.79. The third kappa shape index (κ3) is 5.78. The number of carbonyl (C=O) groups excluding carboxylic acids is 2.